The summed E-state index contributed by atoms with van der Waals surface area (Å²) in [5, 5.41) is 9.75. The van der Waals surface area contributed by atoms with Crippen LogP contribution in [-0.2, 0) is 0 Å². The summed E-state index contributed by atoms with van der Waals surface area (Å²) in [6.45, 7) is 5.64. The van der Waals surface area contributed by atoms with Gasteiger partial charge in [0.15, 0.2) is 0 Å². The highest BCUT2D eigenvalue weighted by Crippen LogP contribution is 2.27. The van der Waals surface area contributed by atoms with Crippen molar-refractivity contribution in [3.05, 3.63) is 60.2 Å². The Morgan fingerprint density at radius 1 is 0.889 bits per heavy atom. The van der Waals surface area contributed by atoms with Crippen molar-refractivity contribution in [1.82, 2.24) is 15.0 Å². The van der Waals surface area contributed by atoms with E-state index in [9.17, 15) is 5.11 Å². The molecule has 0 bridgehead atoms. The number of hydrogen-bond donors (Lipinski definition) is 1. The van der Waals surface area contributed by atoms with Gasteiger partial charge in [0.05, 0.1) is 11.8 Å². The van der Waals surface area contributed by atoms with E-state index in [0.29, 0.717) is 0 Å². The summed E-state index contributed by atoms with van der Waals surface area (Å²) >= 11 is 0. The zero-order valence-electron chi connectivity index (χ0n) is 15.8. The average Bonchev–Trinajstić information content (AvgIpc) is 2.69. The monoisotopic (exact) mass is 360 g/mol. The molecule has 0 spiro atoms. The quantitative estimate of drug-likeness (QED) is 0.770. The Bertz CT molecular complexity index is 931. The molecule has 1 aliphatic heterocycles. The number of rotatable bonds is 3. The topological polar surface area (TPSA) is 62.1 Å². The largest absolute Gasteiger partial charge is 0.393 e. The second kappa shape index (κ2) is 7.45. The number of benzene rings is 1. The number of aryl methyl sites for hydroxylation is 2. The maximum absolute atomic E-state index is 9.75. The molecule has 4 rings (SSSR count). The maximum atomic E-state index is 9.75. The number of pyridine rings is 1. The lowest BCUT2D eigenvalue weighted by molar-refractivity contribution is 0.145. The molecule has 1 aliphatic rings. The third-order valence-corrected chi connectivity index (χ3v) is 5.03. The normalized spacial score (nSPS) is 15.1. The minimum Gasteiger partial charge on any atom is -0.393 e. The molecule has 1 N–H and O–H groups in total. The molecule has 27 heavy (non-hydrogen) atoms. The Kier molecular flexibility index (Phi) is 4.86. The van der Waals surface area contributed by atoms with Gasteiger partial charge < -0.3 is 10.0 Å². The van der Waals surface area contributed by atoms with Gasteiger partial charge in [-0.2, -0.15) is 0 Å². The van der Waals surface area contributed by atoms with E-state index in [1.54, 1.807) is 0 Å². The Morgan fingerprint density at radius 3 is 2.33 bits per heavy atom. The van der Waals surface area contributed by atoms with E-state index in [-0.39, 0.29) is 6.10 Å². The van der Waals surface area contributed by atoms with Crippen LogP contribution >= 0.6 is 0 Å². The summed E-state index contributed by atoms with van der Waals surface area (Å²) < 4.78 is 0. The van der Waals surface area contributed by atoms with Gasteiger partial charge in [-0.3, -0.25) is 4.98 Å². The van der Waals surface area contributed by atoms with Crippen LogP contribution in [0.25, 0.3) is 22.4 Å². The fourth-order valence-electron chi connectivity index (χ4n) is 3.44. The molecule has 1 saturated heterocycles. The number of nitrogens with zero attached hydrogens (tertiary/aromatic N) is 4. The van der Waals surface area contributed by atoms with Crippen molar-refractivity contribution in [2.75, 3.05) is 18.0 Å². The molecule has 0 aliphatic carbocycles. The molecule has 5 nitrogen and oxygen atoms in total. The first-order valence-electron chi connectivity index (χ1n) is 9.40. The maximum Gasteiger partial charge on any atom is 0.132 e. The lowest BCUT2D eigenvalue weighted by atomic mass is 10.0. The Balaban J connectivity index is 1.67. The number of aromatic nitrogens is 3. The highest BCUT2D eigenvalue weighted by Gasteiger charge is 2.19. The molecule has 2 aromatic heterocycles. The molecule has 0 atom stereocenters. The molecule has 1 fully saturated rings. The van der Waals surface area contributed by atoms with Crippen LogP contribution in [0.4, 0.5) is 5.82 Å². The van der Waals surface area contributed by atoms with Crippen LogP contribution in [0.5, 0.6) is 0 Å². The van der Waals surface area contributed by atoms with Gasteiger partial charge in [0.25, 0.3) is 0 Å². The van der Waals surface area contributed by atoms with Crippen molar-refractivity contribution in [2.24, 2.45) is 0 Å². The molecule has 0 amide bonds. The minimum atomic E-state index is -0.195. The zero-order valence-corrected chi connectivity index (χ0v) is 15.8. The van der Waals surface area contributed by atoms with Gasteiger partial charge >= 0.3 is 0 Å². The van der Waals surface area contributed by atoms with Crippen molar-refractivity contribution in [3.8, 4) is 22.4 Å². The number of aliphatic hydroxyl groups is 1. The number of hydrogen-bond acceptors (Lipinski definition) is 5. The van der Waals surface area contributed by atoms with Crippen LogP contribution < -0.4 is 4.90 Å². The van der Waals surface area contributed by atoms with Gasteiger partial charge in [-0.25, -0.2) is 9.97 Å². The lowest BCUT2D eigenvalue weighted by Gasteiger charge is -2.30. The van der Waals surface area contributed by atoms with Gasteiger partial charge in [0, 0.05) is 42.7 Å². The molecule has 138 valence electrons. The standard InChI is InChI=1S/C22H24N4O/c1-15-3-5-17(6-4-15)18-11-19(14-23-13-18)21-12-22(25-16(2)24-21)26-9-7-20(27)8-10-26/h3-6,11-14,20,27H,7-10H2,1-2H3. The molecule has 3 heterocycles. The van der Waals surface area contributed by atoms with Crippen molar-refractivity contribution in [3.63, 3.8) is 0 Å². The van der Waals surface area contributed by atoms with Gasteiger partial charge in [0.2, 0.25) is 0 Å². The molecule has 5 heteroatoms. The number of aliphatic hydroxyl groups excluding tert-OH is 1. The lowest BCUT2D eigenvalue weighted by Crippen LogP contribution is -2.36. The Morgan fingerprint density at radius 2 is 1.59 bits per heavy atom. The van der Waals surface area contributed by atoms with E-state index in [0.717, 1.165) is 60.0 Å². The van der Waals surface area contributed by atoms with Gasteiger partial charge in [0.1, 0.15) is 11.6 Å². The van der Waals surface area contributed by atoms with Gasteiger partial charge in [-0.1, -0.05) is 29.8 Å². The first-order valence-corrected chi connectivity index (χ1v) is 9.40. The van der Waals surface area contributed by atoms with Crippen molar-refractivity contribution in [1.29, 1.82) is 0 Å². The molecular formula is C22H24N4O. The second-order valence-electron chi connectivity index (χ2n) is 7.21. The van der Waals surface area contributed by atoms with Crippen molar-refractivity contribution < 1.29 is 5.11 Å². The number of anilines is 1. The van der Waals surface area contributed by atoms with Crippen LogP contribution in [0.15, 0.2) is 48.8 Å². The smallest absolute Gasteiger partial charge is 0.132 e. The Hall–Kier alpha value is -2.79. The fourth-order valence-corrected chi connectivity index (χ4v) is 3.44. The predicted octanol–water partition coefficient (Wildman–Crippen LogP) is 3.78. The van der Waals surface area contributed by atoms with E-state index in [1.807, 2.05) is 25.4 Å². The van der Waals surface area contributed by atoms with E-state index in [4.69, 9.17) is 0 Å². The van der Waals surface area contributed by atoms with Crippen molar-refractivity contribution >= 4 is 5.82 Å². The zero-order chi connectivity index (χ0) is 18.8. The summed E-state index contributed by atoms with van der Waals surface area (Å²) in [7, 11) is 0. The van der Waals surface area contributed by atoms with Crippen LogP contribution in [0.3, 0.4) is 0 Å². The van der Waals surface area contributed by atoms with Crippen LogP contribution in [0, 0.1) is 13.8 Å². The van der Waals surface area contributed by atoms with E-state index in [2.05, 4.69) is 57.1 Å². The van der Waals surface area contributed by atoms with Crippen LogP contribution in [0.2, 0.25) is 0 Å². The SMILES string of the molecule is Cc1ccc(-c2cncc(-c3cc(N4CCC(O)CC4)nc(C)n3)c2)cc1. The van der Waals surface area contributed by atoms with Crippen LogP contribution in [-0.4, -0.2) is 39.3 Å². The van der Waals surface area contributed by atoms with E-state index < -0.39 is 0 Å². The molecule has 0 radical (unpaired) electrons. The summed E-state index contributed by atoms with van der Waals surface area (Å²) in [5.74, 6) is 1.67. The molecule has 0 unspecified atom stereocenters. The third-order valence-electron chi connectivity index (χ3n) is 5.03. The predicted molar refractivity (Wildman–Crippen MR) is 108 cm³/mol. The van der Waals surface area contributed by atoms with E-state index >= 15 is 0 Å². The first-order chi connectivity index (χ1) is 13.1. The summed E-state index contributed by atoms with van der Waals surface area (Å²) in [5.41, 5.74) is 5.32. The van der Waals surface area contributed by atoms with Gasteiger partial charge in [-0.15, -0.1) is 0 Å². The second-order valence-corrected chi connectivity index (χ2v) is 7.21. The third kappa shape index (κ3) is 3.98. The van der Waals surface area contributed by atoms with Gasteiger partial charge in [-0.05, 0) is 38.3 Å². The summed E-state index contributed by atoms with van der Waals surface area (Å²) in [6, 6.07) is 12.6. The summed E-state index contributed by atoms with van der Waals surface area (Å²) in [4.78, 5) is 15.9. The minimum absolute atomic E-state index is 0.195. The number of piperidine rings is 1. The first kappa shape index (κ1) is 17.6. The Labute approximate surface area is 159 Å². The fraction of sp³-hybridized carbons (Fsp3) is 0.318. The molecule has 3 aromatic rings. The highest BCUT2D eigenvalue weighted by molar-refractivity contribution is 5.71. The van der Waals surface area contributed by atoms with E-state index in [1.165, 1.54) is 5.56 Å². The molecule has 0 saturated carbocycles. The summed E-state index contributed by atoms with van der Waals surface area (Å²) in [6.07, 6.45) is 5.10. The average molecular weight is 360 g/mol. The highest BCUT2D eigenvalue weighted by atomic mass is 16.3. The van der Waals surface area contributed by atoms with Crippen LogP contribution in [0.1, 0.15) is 24.2 Å². The van der Waals surface area contributed by atoms with Crippen molar-refractivity contribution in [2.45, 2.75) is 32.8 Å². The molecular weight excluding hydrogens is 336 g/mol. The molecule has 1 aromatic carbocycles.